The number of rotatable bonds is 8. The van der Waals surface area contributed by atoms with E-state index in [0.29, 0.717) is 29.7 Å². The van der Waals surface area contributed by atoms with E-state index in [1.165, 1.54) is 0 Å². The number of nitrogens with zero attached hydrogens (tertiary/aromatic N) is 2. The number of hydrogen-bond donors (Lipinski definition) is 0. The minimum absolute atomic E-state index is 0.0140. The van der Waals surface area contributed by atoms with Gasteiger partial charge < -0.3 is 24.0 Å². The molecule has 0 aliphatic carbocycles. The average Bonchev–Trinajstić information content (AvgIpc) is 2.84. The Morgan fingerprint density at radius 2 is 1.68 bits per heavy atom. The van der Waals surface area contributed by atoms with E-state index in [1.54, 1.807) is 14.2 Å². The third kappa shape index (κ3) is 4.83. The minimum Gasteiger partial charge on any atom is -0.493 e. The van der Waals surface area contributed by atoms with Crippen molar-refractivity contribution in [3.8, 4) is 11.5 Å². The van der Waals surface area contributed by atoms with Crippen LogP contribution in [0.2, 0.25) is 5.02 Å². The average molecular weight is 481 g/mol. The second-order valence-corrected chi connectivity index (χ2v) is 8.79. The van der Waals surface area contributed by atoms with Gasteiger partial charge in [-0.3, -0.25) is 4.79 Å². The molecule has 4 rings (SSSR count). The Kier molecular flexibility index (Phi) is 7.29. The highest BCUT2D eigenvalue weighted by Crippen LogP contribution is 2.43. The van der Waals surface area contributed by atoms with Crippen LogP contribution in [-0.4, -0.2) is 47.4 Å². The molecule has 0 fully saturated rings. The van der Waals surface area contributed by atoms with Crippen molar-refractivity contribution in [3.05, 3.63) is 82.4 Å². The number of halogens is 1. The van der Waals surface area contributed by atoms with Gasteiger partial charge in [-0.1, -0.05) is 23.7 Å². The Balaban J connectivity index is 1.85. The van der Waals surface area contributed by atoms with Gasteiger partial charge in [-0.05, 0) is 65.2 Å². The van der Waals surface area contributed by atoms with Crippen LogP contribution in [0.15, 0.2) is 60.7 Å². The molecule has 0 unspecified atom stereocenters. The highest BCUT2D eigenvalue weighted by Gasteiger charge is 2.36. The molecule has 1 aliphatic heterocycles. The van der Waals surface area contributed by atoms with Crippen LogP contribution in [0.25, 0.3) is 0 Å². The van der Waals surface area contributed by atoms with Gasteiger partial charge in [0, 0.05) is 37.6 Å². The van der Waals surface area contributed by atoms with Crippen LogP contribution in [-0.2, 0) is 16.0 Å². The smallest absolute Gasteiger partial charge is 0.232 e. The van der Waals surface area contributed by atoms with Gasteiger partial charge in [0.2, 0.25) is 5.91 Å². The van der Waals surface area contributed by atoms with Gasteiger partial charge in [-0.25, -0.2) is 0 Å². The zero-order valence-electron chi connectivity index (χ0n) is 19.9. The fraction of sp³-hybridized carbons (Fsp3) is 0.296. The quantitative estimate of drug-likeness (QED) is 0.419. The topological polar surface area (TPSA) is 51.2 Å². The normalized spacial score (nSPS) is 15.1. The van der Waals surface area contributed by atoms with E-state index < -0.39 is 0 Å². The van der Waals surface area contributed by atoms with Crippen molar-refractivity contribution in [2.75, 3.05) is 51.3 Å². The van der Waals surface area contributed by atoms with Gasteiger partial charge in [-0.2, -0.15) is 0 Å². The summed E-state index contributed by atoms with van der Waals surface area (Å²) in [5.41, 5.74) is 4.77. The number of hydrogen-bond acceptors (Lipinski definition) is 5. The van der Waals surface area contributed by atoms with Gasteiger partial charge in [-0.15, -0.1) is 0 Å². The maximum atomic E-state index is 13.5. The Morgan fingerprint density at radius 3 is 2.29 bits per heavy atom. The molecule has 0 spiro atoms. The Bertz CT molecular complexity index is 1150. The number of carbonyl (C=O) groups is 1. The molecular formula is C27H29ClN2O4. The van der Waals surface area contributed by atoms with Crippen LogP contribution >= 0.6 is 11.6 Å². The van der Waals surface area contributed by atoms with Crippen molar-refractivity contribution in [3.63, 3.8) is 0 Å². The van der Waals surface area contributed by atoms with Gasteiger partial charge in [0.05, 0.1) is 26.2 Å². The molecule has 6 nitrogen and oxygen atoms in total. The maximum Gasteiger partial charge on any atom is 0.232 e. The van der Waals surface area contributed by atoms with Crippen LogP contribution in [0.3, 0.4) is 0 Å². The van der Waals surface area contributed by atoms with Crippen molar-refractivity contribution >= 4 is 28.9 Å². The molecule has 7 heteroatoms. The van der Waals surface area contributed by atoms with E-state index in [0.717, 1.165) is 28.1 Å². The lowest BCUT2D eigenvalue weighted by atomic mass is 9.87. The summed E-state index contributed by atoms with van der Waals surface area (Å²) in [4.78, 5) is 17.4. The molecule has 1 atom stereocenters. The predicted octanol–water partition coefficient (Wildman–Crippen LogP) is 5.12. The zero-order chi connectivity index (χ0) is 24.2. The number of benzene rings is 3. The van der Waals surface area contributed by atoms with Gasteiger partial charge in [0.15, 0.2) is 11.5 Å². The SMILES string of the molecule is COCCOc1cc2c(cc1OC)CC(=O)N(c1ccc(N(C)C)cc1)[C@H]2c1ccc(Cl)cc1. The van der Waals surface area contributed by atoms with Crippen molar-refractivity contribution < 1.29 is 19.0 Å². The third-order valence-corrected chi connectivity index (χ3v) is 6.22. The number of anilines is 2. The second-order valence-electron chi connectivity index (χ2n) is 8.35. The molecular weight excluding hydrogens is 452 g/mol. The first-order valence-electron chi connectivity index (χ1n) is 11.1. The van der Waals surface area contributed by atoms with E-state index in [1.807, 2.05) is 84.6 Å². The second kappa shape index (κ2) is 10.4. The molecule has 0 N–H and O–H groups in total. The van der Waals surface area contributed by atoms with E-state index in [4.69, 9.17) is 25.8 Å². The number of amides is 1. The van der Waals surface area contributed by atoms with E-state index in [9.17, 15) is 4.79 Å². The predicted molar refractivity (Wildman–Crippen MR) is 136 cm³/mol. The number of ether oxygens (including phenoxy) is 3. The summed E-state index contributed by atoms with van der Waals surface area (Å²) in [6.45, 7) is 0.857. The zero-order valence-corrected chi connectivity index (χ0v) is 20.6. The highest BCUT2D eigenvalue weighted by atomic mass is 35.5. The summed E-state index contributed by atoms with van der Waals surface area (Å²) in [5.74, 6) is 1.23. The summed E-state index contributed by atoms with van der Waals surface area (Å²) in [5, 5.41) is 0.645. The fourth-order valence-corrected chi connectivity index (χ4v) is 4.37. The summed E-state index contributed by atoms with van der Waals surface area (Å²) >= 11 is 6.18. The van der Waals surface area contributed by atoms with Crippen LogP contribution in [0.1, 0.15) is 22.7 Å². The number of carbonyl (C=O) groups excluding carboxylic acids is 1. The third-order valence-electron chi connectivity index (χ3n) is 5.96. The van der Waals surface area contributed by atoms with Crippen LogP contribution in [0, 0.1) is 0 Å². The molecule has 178 valence electrons. The molecule has 1 aliphatic rings. The summed E-state index contributed by atoms with van der Waals surface area (Å²) < 4.78 is 16.7. The first-order chi connectivity index (χ1) is 16.4. The molecule has 0 bridgehead atoms. The fourth-order valence-electron chi connectivity index (χ4n) is 4.24. The molecule has 0 aromatic heterocycles. The Labute approximate surface area is 205 Å². The molecule has 0 saturated carbocycles. The first kappa shape index (κ1) is 23.9. The van der Waals surface area contributed by atoms with Crippen LogP contribution in [0.4, 0.5) is 11.4 Å². The lowest BCUT2D eigenvalue weighted by molar-refractivity contribution is -0.118. The van der Waals surface area contributed by atoms with Gasteiger partial charge >= 0.3 is 0 Å². The Morgan fingerprint density at radius 1 is 0.971 bits per heavy atom. The monoisotopic (exact) mass is 480 g/mol. The molecule has 3 aromatic carbocycles. The molecule has 0 saturated heterocycles. The van der Waals surface area contributed by atoms with Gasteiger partial charge in [0.1, 0.15) is 6.61 Å². The maximum absolute atomic E-state index is 13.5. The van der Waals surface area contributed by atoms with Crippen LogP contribution in [0.5, 0.6) is 11.5 Å². The molecule has 3 aromatic rings. The summed E-state index contributed by atoms with van der Waals surface area (Å²) in [7, 11) is 7.22. The molecule has 1 amide bonds. The highest BCUT2D eigenvalue weighted by molar-refractivity contribution is 6.30. The molecule has 34 heavy (non-hydrogen) atoms. The first-order valence-corrected chi connectivity index (χ1v) is 11.5. The van der Waals surface area contributed by atoms with E-state index in [-0.39, 0.29) is 18.4 Å². The van der Waals surface area contributed by atoms with Crippen molar-refractivity contribution in [2.45, 2.75) is 12.5 Å². The largest absolute Gasteiger partial charge is 0.493 e. The van der Waals surface area contributed by atoms with Gasteiger partial charge in [0.25, 0.3) is 0 Å². The standard InChI is InChI=1S/C27H29ClN2O4/c1-29(2)21-9-11-22(12-10-21)30-26(31)16-19-15-24(33-4)25(34-14-13-32-3)17-23(19)27(30)18-5-7-20(28)8-6-18/h5-12,15,17,27H,13-14,16H2,1-4H3/t27-/m0/s1. The van der Waals surface area contributed by atoms with Crippen molar-refractivity contribution in [1.29, 1.82) is 0 Å². The number of methoxy groups -OCH3 is 2. The van der Waals surface area contributed by atoms with Crippen molar-refractivity contribution in [1.82, 2.24) is 0 Å². The van der Waals surface area contributed by atoms with E-state index >= 15 is 0 Å². The van der Waals surface area contributed by atoms with E-state index in [2.05, 4.69) is 0 Å². The van der Waals surface area contributed by atoms with Crippen molar-refractivity contribution in [2.24, 2.45) is 0 Å². The lowest BCUT2D eigenvalue weighted by Gasteiger charge is -2.38. The molecule has 0 radical (unpaired) electrons. The van der Waals surface area contributed by atoms with Crippen LogP contribution < -0.4 is 19.3 Å². The Hall–Kier alpha value is -3.22. The number of fused-ring (bicyclic) bond motifs is 1. The minimum atomic E-state index is -0.339. The summed E-state index contributed by atoms with van der Waals surface area (Å²) in [6, 6.07) is 19.2. The lowest BCUT2D eigenvalue weighted by Crippen LogP contribution is -2.41. The summed E-state index contributed by atoms with van der Waals surface area (Å²) in [6.07, 6.45) is 0.267. The molecule has 1 heterocycles.